The molecule has 0 saturated carbocycles. The third-order valence-electron chi connectivity index (χ3n) is 6.11. The number of carbonyl (C=O) groups is 2. The van der Waals surface area contributed by atoms with E-state index in [0.29, 0.717) is 23.6 Å². The van der Waals surface area contributed by atoms with Crippen LogP contribution < -0.4 is 16.2 Å². The first-order valence-electron chi connectivity index (χ1n) is 11.5. The molecule has 1 aliphatic rings. The number of para-hydroxylation sites is 1. The van der Waals surface area contributed by atoms with Crippen LogP contribution in [0.5, 0.6) is 0 Å². The average molecular weight is 471 g/mol. The van der Waals surface area contributed by atoms with Crippen molar-refractivity contribution < 1.29 is 14.1 Å². The standard InChI is InChI=1S/C27H26N4O4/c1-27(2,3)22-14-20(30-35-22)15-23(32)28-18-7-9-19(10-8-18)29-25(33)21-13-17-6-4-5-16-11-12-31(24(16)17)26(21)34/h4-10,13-14H,11-12,15H2,1-3H3,(H,28,32)(H,29,33). The zero-order chi connectivity index (χ0) is 24.7. The molecule has 2 N–H and O–H groups in total. The van der Waals surface area contributed by atoms with Crippen LogP contribution in [0.4, 0.5) is 11.4 Å². The predicted octanol–water partition coefficient (Wildman–Crippen LogP) is 4.28. The highest BCUT2D eigenvalue weighted by molar-refractivity contribution is 6.06. The van der Waals surface area contributed by atoms with Gasteiger partial charge in [-0.3, -0.25) is 14.4 Å². The molecule has 8 nitrogen and oxygen atoms in total. The molecule has 1 aliphatic heterocycles. The van der Waals surface area contributed by atoms with Crippen molar-refractivity contribution in [2.24, 2.45) is 0 Å². The van der Waals surface area contributed by atoms with Crippen molar-refractivity contribution in [1.82, 2.24) is 9.72 Å². The van der Waals surface area contributed by atoms with Gasteiger partial charge in [-0.1, -0.05) is 44.1 Å². The van der Waals surface area contributed by atoms with Gasteiger partial charge in [-0.15, -0.1) is 0 Å². The number of rotatable bonds is 5. The van der Waals surface area contributed by atoms with E-state index >= 15 is 0 Å². The van der Waals surface area contributed by atoms with Crippen LogP contribution in [0.25, 0.3) is 10.9 Å². The Labute approximate surface area is 201 Å². The summed E-state index contributed by atoms with van der Waals surface area (Å²) in [4.78, 5) is 38.2. The first kappa shape index (κ1) is 22.6. The molecule has 35 heavy (non-hydrogen) atoms. The van der Waals surface area contributed by atoms with Crippen molar-refractivity contribution >= 4 is 34.1 Å². The molecule has 0 atom stereocenters. The summed E-state index contributed by atoms with van der Waals surface area (Å²) in [6.07, 6.45) is 0.882. The fraction of sp³-hybridized carbons (Fsp3) is 0.259. The van der Waals surface area contributed by atoms with Gasteiger partial charge in [0.2, 0.25) is 5.91 Å². The number of aromatic nitrogens is 2. The maximum absolute atomic E-state index is 12.9. The van der Waals surface area contributed by atoms with Gasteiger partial charge in [0.05, 0.1) is 17.6 Å². The molecule has 2 aromatic carbocycles. The topological polar surface area (TPSA) is 106 Å². The molecule has 8 heteroatoms. The van der Waals surface area contributed by atoms with Gasteiger partial charge in [0, 0.05) is 29.4 Å². The Morgan fingerprint density at radius 1 is 1.03 bits per heavy atom. The molecule has 4 aromatic rings. The van der Waals surface area contributed by atoms with Crippen LogP contribution in [0, 0.1) is 0 Å². The lowest BCUT2D eigenvalue weighted by molar-refractivity contribution is -0.115. The summed E-state index contributed by atoms with van der Waals surface area (Å²) in [7, 11) is 0. The van der Waals surface area contributed by atoms with E-state index in [1.165, 1.54) is 0 Å². The number of amides is 2. The molecular weight excluding hydrogens is 444 g/mol. The molecule has 2 amide bonds. The Bertz CT molecular complexity index is 1510. The molecule has 0 saturated heterocycles. The minimum absolute atomic E-state index is 0.0913. The van der Waals surface area contributed by atoms with Crippen molar-refractivity contribution in [3.63, 3.8) is 0 Å². The number of nitrogens with one attached hydrogen (secondary N) is 2. The largest absolute Gasteiger partial charge is 0.361 e. The van der Waals surface area contributed by atoms with Crippen molar-refractivity contribution in [3.8, 4) is 0 Å². The molecule has 0 fully saturated rings. The summed E-state index contributed by atoms with van der Waals surface area (Å²) in [5.41, 5.74) is 3.35. The van der Waals surface area contributed by atoms with Crippen molar-refractivity contribution in [3.05, 3.63) is 87.5 Å². The number of anilines is 2. The highest BCUT2D eigenvalue weighted by atomic mass is 16.5. The Balaban J connectivity index is 1.25. The lowest BCUT2D eigenvalue weighted by Crippen LogP contribution is -2.28. The summed E-state index contributed by atoms with van der Waals surface area (Å²) in [6.45, 7) is 6.62. The number of hydrogen-bond donors (Lipinski definition) is 2. The molecule has 0 radical (unpaired) electrons. The van der Waals surface area contributed by atoms with E-state index in [-0.39, 0.29) is 28.9 Å². The SMILES string of the molecule is CC(C)(C)c1cc(CC(=O)Nc2ccc(NC(=O)c3cc4cccc5c4n(c3=O)CC5)cc2)no1. The van der Waals surface area contributed by atoms with E-state index in [4.69, 9.17) is 4.52 Å². The third-order valence-corrected chi connectivity index (χ3v) is 6.11. The van der Waals surface area contributed by atoms with Gasteiger partial charge in [0.1, 0.15) is 11.3 Å². The number of aryl methyl sites for hydroxylation is 2. The second-order valence-electron chi connectivity index (χ2n) is 9.81. The highest BCUT2D eigenvalue weighted by Crippen LogP contribution is 2.25. The molecule has 0 unspecified atom stereocenters. The van der Waals surface area contributed by atoms with Crippen LogP contribution in [-0.2, 0) is 29.6 Å². The molecular formula is C27H26N4O4. The highest BCUT2D eigenvalue weighted by Gasteiger charge is 2.22. The van der Waals surface area contributed by atoms with Gasteiger partial charge in [-0.05, 0) is 47.7 Å². The van der Waals surface area contributed by atoms with E-state index in [2.05, 4.69) is 15.8 Å². The monoisotopic (exact) mass is 470 g/mol. The fourth-order valence-corrected chi connectivity index (χ4v) is 4.28. The van der Waals surface area contributed by atoms with Gasteiger partial charge in [-0.25, -0.2) is 0 Å². The van der Waals surface area contributed by atoms with Crippen LogP contribution in [0.2, 0.25) is 0 Å². The number of benzene rings is 2. The number of nitrogens with zero attached hydrogens (tertiary/aromatic N) is 2. The summed E-state index contributed by atoms with van der Waals surface area (Å²) in [5, 5.41) is 10.4. The Morgan fingerprint density at radius 2 is 1.74 bits per heavy atom. The third kappa shape index (κ3) is 4.47. The van der Waals surface area contributed by atoms with Crippen LogP contribution in [0.1, 0.15) is 48.1 Å². The average Bonchev–Trinajstić information content (AvgIpc) is 3.46. The van der Waals surface area contributed by atoms with Gasteiger partial charge in [0.25, 0.3) is 11.5 Å². The second kappa shape index (κ2) is 8.54. The molecule has 0 spiro atoms. The molecule has 5 rings (SSSR count). The molecule has 0 bridgehead atoms. The lowest BCUT2D eigenvalue weighted by Gasteiger charge is -2.12. The Hall–Kier alpha value is -4.20. The Kier molecular flexibility index (Phi) is 5.51. The lowest BCUT2D eigenvalue weighted by atomic mass is 9.93. The van der Waals surface area contributed by atoms with Gasteiger partial charge in [-0.2, -0.15) is 0 Å². The van der Waals surface area contributed by atoms with Gasteiger partial charge >= 0.3 is 0 Å². The minimum atomic E-state index is -0.463. The quantitative estimate of drug-likeness (QED) is 0.453. The van der Waals surface area contributed by atoms with E-state index < -0.39 is 5.91 Å². The zero-order valence-electron chi connectivity index (χ0n) is 19.8. The van der Waals surface area contributed by atoms with Crippen LogP contribution >= 0.6 is 0 Å². The molecule has 178 valence electrons. The van der Waals surface area contributed by atoms with E-state index in [1.54, 1.807) is 41.0 Å². The van der Waals surface area contributed by atoms with E-state index in [1.807, 2.05) is 39.0 Å². The van der Waals surface area contributed by atoms with Gasteiger partial charge in [0.15, 0.2) is 0 Å². The zero-order valence-corrected chi connectivity index (χ0v) is 19.8. The van der Waals surface area contributed by atoms with Crippen molar-refractivity contribution in [2.75, 3.05) is 10.6 Å². The summed E-state index contributed by atoms with van der Waals surface area (Å²) < 4.78 is 7.00. The molecule has 0 aliphatic carbocycles. The minimum Gasteiger partial charge on any atom is -0.361 e. The van der Waals surface area contributed by atoms with Crippen LogP contribution in [0.15, 0.2) is 63.9 Å². The fourth-order valence-electron chi connectivity index (χ4n) is 4.28. The first-order chi connectivity index (χ1) is 16.7. The van der Waals surface area contributed by atoms with Crippen molar-refractivity contribution in [1.29, 1.82) is 0 Å². The van der Waals surface area contributed by atoms with E-state index in [0.717, 1.165) is 28.6 Å². The van der Waals surface area contributed by atoms with Crippen LogP contribution in [0.3, 0.4) is 0 Å². The van der Waals surface area contributed by atoms with Gasteiger partial charge < -0.3 is 19.7 Å². The maximum atomic E-state index is 12.9. The predicted molar refractivity (Wildman–Crippen MR) is 134 cm³/mol. The van der Waals surface area contributed by atoms with E-state index in [9.17, 15) is 14.4 Å². The molecule has 3 heterocycles. The summed E-state index contributed by atoms with van der Waals surface area (Å²) in [6, 6.07) is 16.1. The Morgan fingerprint density at radius 3 is 2.43 bits per heavy atom. The molecule has 2 aromatic heterocycles. The normalized spacial score (nSPS) is 12.7. The second-order valence-corrected chi connectivity index (χ2v) is 9.81. The number of hydrogen-bond acceptors (Lipinski definition) is 5. The van der Waals surface area contributed by atoms with Crippen LogP contribution in [-0.4, -0.2) is 21.5 Å². The van der Waals surface area contributed by atoms with Crippen molar-refractivity contribution in [2.45, 2.75) is 45.6 Å². The number of pyridine rings is 1. The smallest absolute Gasteiger partial charge is 0.263 e. The first-order valence-corrected chi connectivity index (χ1v) is 11.5. The maximum Gasteiger partial charge on any atom is 0.263 e. The summed E-state index contributed by atoms with van der Waals surface area (Å²) in [5.74, 6) is 0.0354. The number of carbonyl (C=O) groups excluding carboxylic acids is 2. The summed E-state index contributed by atoms with van der Waals surface area (Å²) >= 11 is 0.